The smallest absolute Gasteiger partial charge is 0.192 e. The Morgan fingerprint density at radius 3 is 3.00 bits per heavy atom. The molecule has 0 saturated carbocycles. The van der Waals surface area contributed by atoms with E-state index in [-0.39, 0.29) is 0 Å². The van der Waals surface area contributed by atoms with E-state index in [4.69, 9.17) is 4.74 Å². The number of carbonyl (C=O) groups is 1. The molecule has 2 aromatic rings. The first-order valence-electron chi connectivity index (χ1n) is 10.1. The third-order valence-corrected chi connectivity index (χ3v) is 5.77. The summed E-state index contributed by atoms with van der Waals surface area (Å²) in [7, 11) is 0. The Hall–Kier alpha value is -1.70. The maximum Gasteiger partial charge on any atom is 0.192 e. The molecule has 0 fully saturated rings. The largest absolute Gasteiger partial charge is 0.494 e. The summed E-state index contributed by atoms with van der Waals surface area (Å²) in [6.07, 6.45) is 7.68. The van der Waals surface area contributed by atoms with Gasteiger partial charge in [-0.3, -0.25) is 0 Å². The average molecular weight is 493 g/mol. The van der Waals surface area contributed by atoms with Gasteiger partial charge in [-0.2, -0.15) is 0 Å². The van der Waals surface area contributed by atoms with E-state index in [0.717, 1.165) is 66.0 Å². The third kappa shape index (κ3) is 5.21. The summed E-state index contributed by atoms with van der Waals surface area (Å²) < 4.78 is 6.79. The predicted octanol–water partition coefficient (Wildman–Crippen LogP) is 4.69. The second kappa shape index (κ2) is 10.2. The van der Waals surface area contributed by atoms with Crippen LogP contribution in [0.4, 0.5) is 5.82 Å². The first-order valence-corrected chi connectivity index (χ1v) is 11.1. The number of halogens is 1. The maximum absolute atomic E-state index is 10.8. The van der Waals surface area contributed by atoms with Crippen LogP contribution in [0.3, 0.4) is 0 Å². The van der Waals surface area contributed by atoms with Crippen LogP contribution in [-0.2, 0) is 11.2 Å². The van der Waals surface area contributed by atoms with Gasteiger partial charge in [-0.1, -0.05) is 13.0 Å². The fraction of sp³-hybridized carbons (Fsp3) is 0.500. The number of hydrogen-bond acceptors (Lipinski definition) is 5. The van der Waals surface area contributed by atoms with Crippen LogP contribution in [-0.4, -0.2) is 36.0 Å². The van der Waals surface area contributed by atoms with Gasteiger partial charge in [0.2, 0.25) is 0 Å². The minimum Gasteiger partial charge on any atom is -0.494 e. The van der Waals surface area contributed by atoms with Gasteiger partial charge in [-0.25, -0.2) is 9.97 Å². The van der Waals surface area contributed by atoms with Gasteiger partial charge in [-0.15, -0.1) is 0 Å². The summed E-state index contributed by atoms with van der Waals surface area (Å²) in [5.41, 5.74) is 3.77. The zero-order valence-electron chi connectivity index (χ0n) is 16.7. The van der Waals surface area contributed by atoms with Gasteiger partial charge in [0.1, 0.15) is 17.9 Å². The maximum atomic E-state index is 10.8. The molecule has 5 nitrogen and oxygen atoms in total. The molecule has 0 aliphatic heterocycles. The fourth-order valence-corrected chi connectivity index (χ4v) is 4.27. The van der Waals surface area contributed by atoms with Crippen molar-refractivity contribution in [1.82, 2.24) is 9.97 Å². The molecule has 150 valence electrons. The van der Waals surface area contributed by atoms with Crippen molar-refractivity contribution in [1.29, 1.82) is 0 Å². The van der Waals surface area contributed by atoms with Crippen LogP contribution >= 0.6 is 22.6 Å². The first kappa shape index (κ1) is 21.0. The van der Waals surface area contributed by atoms with Gasteiger partial charge >= 0.3 is 0 Å². The molecule has 1 aliphatic carbocycles. The Labute approximate surface area is 181 Å². The van der Waals surface area contributed by atoms with Crippen LogP contribution < -0.4 is 9.64 Å². The highest BCUT2D eigenvalue weighted by molar-refractivity contribution is 14.1. The number of carbonyl (C=O) groups excluding carboxylic acids is 1. The average Bonchev–Trinajstić information content (AvgIpc) is 3.09. The SMILES string of the molecule is CCCN(CCCOc1ccc2c(c1)CC[C@H]2CC=O)c1nc(I)ncc1C. The van der Waals surface area contributed by atoms with E-state index in [0.29, 0.717) is 18.9 Å². The number of aldehydes is 1. The molecule has 1 aliphatic rings. The van der Waals surface area contributed by atoms with Gasteiger partial charge in [0.15, 0.2) is 3.83 Å². The molecule has 0 radical (unpaired) electrons. The van der Waals surface area contributed by atoms with Gasteiger partial charge in [0.05, 0.1) is 6.61 Å². The molecule has 0 spiro atoms. The molecular formula is C22H28IN3O2. The van der Waals surface area contributed by atoms with Crippen molar-refractivity contribution < 1.29 is 9.53 Å². The lowest BCUT2D eigenvalue weighted by atomic mass is 9.99. The lowest BCUT2D eigenvalue weighted by molar-refractivity contribution is -0.108. The summed E-state index contributed by atoms with van der Waals surface area (Å²) in [5, 5.41) is 0. The van der Waals surface area contributed by atoms with Gasteiger partial charge in [0.25, 0.3) is 0 Å². The lowest BCUT2D eigenvalue weighted by Crippen LogP contribution is -2.28. The second-order valence-corrected chi connectivity index (χ2v) is 8.30. The molecule has 28 heavy (non-hydrogen) atoms. The van der Waals surface area contributed by atoms with Crippen molar-refractivity contribution >= 4 is 34.7 Å². The number of rotatable bonds is 10. The van der Waals surface area contributed by atoms with Gasteiger partial charge in [0, 0.05) is 53.9 Å². The van der Waals surface area contributed by atoms with Crippen molar-refractivity contribution in [3.05, 3.63) is 44.9 Å². The Kier molecular flexibility index (Phi) is 7.65. The zero-order valence-corrected chi connectivity index (χ0v) is 18.8. The van der Waals surface area contributed by atoms with Gasteiger partial charge < -0.3 is 14.4 Å². The van der Waals surface area contributed by atoms with Crippen molar-refractivity contribution in [2.45, 2.75) is 51.9 Å². The number of benzene rings is 1. The highest BCUT2D eigenvalue weighted by Gasteiger charge is 2.22. The number of ether oxygens (including phenoxy) is 1. The summed E-state index contributed by atoms with van der Waals surface area (Å²) in [6.45, 7) is 6.82. The van der Waals surface area contributed by atoms with E-state index < -0.39 is 0 Å². The minimum absolute atomic E-state index is 0.392. The molecule has 0 amide bonds. The third-order valence-electron chi connectivity index (χ3n) is 5.25. The number of fused-ring (bicyclic) bond motifs is 1. The summed E-state index contributed by atoms with van der Waals surface area (Å²) >= 11 is 2.16. The summed E-state index contributed by atoms with van der Waals surface area (Å²) in [5.74, 6) is 2.35. The van der Waals surface area contributed by atoms with Gasteiger partial charge in [-0.05, 0) is 61.8 Å². The molecule has 1 aromatic heterocycles. The molecule has 1 aromatic carbocycles. The first-order chi connectivity index (χ1) is 13.6. The number of aryl methyl sites for hydroxylation is 2. The van der Waals surface area contributed by atoms with Crippen LogP contribution in [0.1, 0.15) is 55.2 Å². The molecule has 0 saturated heterocycles. The summed E-state index contributed by atoms with van der Waals surface area (Å²) in [6, 6.07) is 6.34. The monoisotopic (exact) mass is 493 g/mol. The Bertz CT molecular complexity index is 812. The molecule has 6 heteroatoms. The number of aromatic nitrogens is 2. The van der Waals surface area contributed by atoms with Crippen LogP contribution in [0.2, 0.25) is 0 Å². The van der Waals surface area contributed by atoms with Crippen molar-refractivity contribution in [3.8, 4) is 5.75 Å². The van der Waals surface area contributed by atoms with E-state index in [1.54, 1.807) is 0 Å². The van der Waals surface area contributed by atoms with Crippen molar-refractivity contribution in [2.75, 3.05) is 24.6 Å². The molecule has 0 N–H and O–H groups in total. The summed E-state index contributed by atoms with van der Waals surface area (Å²) in [4.78, 5) is 22.0. The quantitative estimate of drug-likeness (QED) is 0.208. The highest BCUT2D eigenvalue weighted by Crippen LogP contribution is 2.36. The van der Waals surface area contributed by atoms with E-state index in [1.807, 2.05) is 12.3 Å². The van der Waals surface area contributed by atoms with Crippen molar-refractivity contribution in [2.24, 2.45) is 0 Å². The van der Waals surface area contributed by atoms with Crippen LogP contribution in [0, 0.1) is 10.8 Å². The minimum atomic E-state index is 0.392. The standard InChI is InChI=1S/C22H28IN3O2/c1-3-10-26(21-16(2)15-24-22(23)25-21)11-4-13-28-19-7-8-20-17(9-12-27)5-6-18(20)14-19/h7-8,12,14-15,17H,3-6,9-11,13H2,1-2H3/t17-/m0/s1. The molecular weight excluding hydrogens is 465 g/mol. The molecule has 1 heterocycles. The number of hydrogen-bond donors (Lipinski definition) is 0. The second-order valence-electron chi connectivity index (χ2n) is 7.33. The number of anilines is 1. The molecule has 3 rings (SSSR count). The van der Waals surface area contributed by atoms with E-state index >= 15 is 0 Å². The van der Waals surface area contributed by atoms with Crippen molar-refractivity contribution in [3.63, 3.8) is 0 Å². The predicted molar refractivity (Wildman–Crippen MR) is 120 cm³/mol. The van der Waals surface area contributed by atoms with Crippen LogP contribution in [0.25, 0.3) is 0 Å². The number of nitrogens with zero attached hydrogens (tertiary/aromatic N) is 3. The Morgan fingerprint density at radius 1 is 1.36 bits per heavy atom. The molecule has 1 atom stereocenters. The topological polar surface area (TPSA) is 55.3 Å². The van der Waals surface area contributed by atoms with Crippen LogP contribution in [0.15, 0.2) is 24.4 Å². The Morgan fingerprint density at radius 2 is 2.21 bits per heavy atom. The fourth-order valence-electron chi connectivity index (χ4n) is 3.90. The Balaban J connectivity index is 1.54. The highest BCUT2D eigenvalue weighted by atomic mass is 127. The van der Waals surface area contributed by atoms with E-state index in [9.17, 15) is 4.79 Å². The zero-order chi connectivity index (χ0) is 19.9. The molecule has 0 unspecified atom stereocenters. The lowest BCUT2D eigenvalue weighted by Gasteiger charge is -2.24. The van der Waals surface area contributed by atoms with Crippen LogP contribution in [0.5, 0.6) is 5.75 Å². The van der Waals surface area contributed by atoms with E-state index in [2.05, 4.69) is 63.4 Å². The molecule has 0 bridgehead atoms. The normalized spacial score (nSPS) is 15.3. The van der Waals surface area contributed by atoms with E-state index in [1.165, 1.54) is 11.1 Å².